The van der Waals surface area contributed by atoms with Crippen molar-refractivity contribution in [1.82, 2.24) is 4.98 Å². The van der Waals surface area contributed by atoms with Gasteiger partial charge in [-0.1, -0.05) is 19.3 Å². The minimum Gasteiger partial charge on any atom is -0.367 e. The molecule has 0 saturated heterocycles. The lowest BCUT2D eigenvalue weighted by molar-refractivity contribution is -0.126. The van der Waals surface area contributed by atoms with Crippen LogP contribution in [0.3, 0.4) is 0 Å². The second-order valence-corrected chi connectivity index (χ2v) is 5.50. The first kappa shape index (κ1) is 11.5. The van der Waals surface area contributed by atoms with Gasteiger partial charge in [0, 0.05) is 12.7 Å². The van der Waals surface area contributed by atoms with Crippen LogP contribution >= 0.6 is 0 Å². The Morgan fingerprint density at radius 1 is 1.28 bits per heavy atom. The van der Waals surface area contributed by atoms with Gasteiger partial charge >= 0.3 is 0 Å². The van der Waals surface area contributed by atoms with Gasteiger partial charge in [0.05, 0.1) is 11.1 Å². The van der Waals surface area contributed by atoms with Crippen molar-refractivity contribution in [3.8, 4) is 0 Å². The molecule has 18 heavy (non-hydrogen) atoms. The Morgan fingerprint density at radius 3 is 2.83 bits per heavy atom. The molecule has 96 valence electrons. The number of hydrogen-bond acceptors (Lipinski definition) is 3. The van der Waals surface area contributed by atoms with Crippen molar-refractivity contribution < 1.29 is 4.79 Å². The minimum absolute atomic E-state index is 0.171. The molecular formula is C14H19N3O. The van der Waals surface area contributed by atoms with E-state index in [4.69, 9.17) is 0 Å². The Hall–Kier alpha value is -1.58. The highest BCUT2D eigenvalue weighted by atomic mass is 16.2. The molecule has 0 aromatic carbocycles. The number of hydrogen-bond donors (Lipinski definition) is 2. The molecule has 2 heterocycles. The van der Waals surface area contributed by atoms with Crippen molar-refractivity contribution in [3.63, 3.8) is 0 Å². The van der Waals surface area contributed by atoms with Gasteiger partial charge in [0.15, 0.2) is 0 Å². The molecule has 1 spiro atoms. The number of carbonyl (C=O) groups excluding carboxylic acids is 1. The quantitative estimate of drug-likeness (QED) is 0.739. The number of aromatic nitrogens is 1. The van der Waals surface area contributed by atoms with E-state index in [1.807, 2.05) is 13.0 Å². The summed E-state index contributed by atoms with van der Waals surface area (Å²) in [4.78, 5) is 16.9. The first-order valence-electron chi connectivity index (χ1n) is 6.72. The summed E-state index contributed by atoms with van der Waals surface area (Å²) in [6.45, 7) is 2.71. The van der Waals surface area contributed by atoms with Crippen LogP contribution in [0.2, 0.25) is 0 Å². The Balaban J connectivity index is 1.95. The lowest BCUT2D eigenvalue weighted by Crippen LogP contribution is -2.41. The Labute approximate surface area is 107 Å². The minimum atomic E-state index is -0.231. The molecule has 2 N–H and O–H groups in total. The molecule has 4 nitrogen and oxygen atoms in total. The van der Waals surface area contributed by atoms with Crippen LogP contribution in [-0.4, -0.2) is 17.4 Å². The predicted molar refractivity (Wildman–Crippen MR) is 71.6 cm³/mol. The first-order valence-corrected chi connectivity index (χ1v) is 6.72. The number of rotatable bonds is 0. The SMILES string of the molecule is Cc1ccnc2c1NC(=O)C1(CCCCC1)CN2. The van der Waals surface area contributed by atoms with Crippen molar-refractivity contribution in [2.75, 3.05) is 17.2 Å². The number of nitrogens with zero attached hydrogens (tertiary/aromatic N) is 1. The number of nitrogens with one attached hydrogen (secondary N) is 2. The van der Waals surface area contributed by atoms with Crippen LogP contribution < -0.4 is 10.6 Å². The van der Waals surface area contributed by atoms with Crippen LogP contribution in [0.25, 0.3) is 0 Å². The third kappa shape index (κ3) is 1.76. The average Bonchev–Trinajstić information content (AvgIpc) is 2.52. The average molecular weight is 245 g/mol. The molecule has 0 radical (unpaired) electrons. The highest BCUT2D eigenvalue weighted by molar-refractivity contribution is 6.00. The Bertz CT molecular complexity index is 478. The van der Waals surface area contributed by atoms with E-state index >= 15 is 0 Å². The largest absolute Gasteiger partial charge is 0.367 e. The highest BCUT2D eigenvalue weighted by Gasteiger charge is 2.41. The van der Waals surface area contributed by atoms with Crippen LogP contribution in [0.4, 0.5) is 11.5 Å². The standard InChI is InChI=1S/C14H19N3O/c1-10-5-8-15-12-11(10)17-13(18)14(9-16-12)6-3-2-4-7-14/h5,8H,2-4,6-7,9H2,1H3,(H,15,16)(H,17,18). The van der Waals surface area contributed by atoms with Gasteiger partial charge in [0.1, 0.15) is 5.82 Å². The van der Waals surface area contributed by atoms with Crippen LogP contribution in [-0.2, 0) is 4.79 Å². The molecule has 1 fully saturated rings. The van der Waals surface area contributed by atoms with E-state index in [0.29, 0.717) is 6.54 Å². The van der Waals surface area contributed by atoms with E-state index in [-0.39, 0.29) is 11.3 Å². The maximum Gasteiger partial charge on any atom is 0.232 e. The zero-order valence-electron chi connectivity index (χ0n) is 10.8. The van der Waals surface area contributed by atoms with Crippen LogP contribution in [0.1, 0.15) is 37.7 Å². The fourth-order valence-corrected chi connectivity index (χ4v) is 3.06. The Kier molecular flexibility index (Phi) is 2.73. The van der Waals surface area contributed by atoms with Gasteiger partial charge in [0.2, 0.25) is 5.91 Å². The molecule has 2 aliphatic rings. The van der Waals surface area contributed by atoms with Gasteiger partial charge in [-0.05, 0) is 31.4 Å². The fraction of sp³-hybridized carbons (Fsp3) is 0.571. The molecule has 1 saturated carbocycles. The van der Waals surface area contributed by atoms with E-state index in [9.17, 15) is 4.79 Å². The molecule has 1 aliphatic carbocycles. The number of carbonyl (C=O) groups is 1. The molecule has 1 aromatic rings. The summed E-state index contributed by atoms with van der Waals surface area (Å²) in [6, 6.07) is 1.93. The molecule has 1 aromatic heterocycles. The third-order valence-corrected chi connectivity index (χ3v) is 4.28. The highest BCUT2D eigenvalue weighted by Crippen LogP contribution is 2.40. The number of anilines is 2. The van der Waals surface area contributed by atoms with Gasteiger partial charge in [0.25, 0.3) is 0 Å². The Morgan fingerprint density at radius 2 is 2.06 bits per heavy atom. The normalized spacial score (nSPS) is 21.7. The molecule has 1 aliphatic heterocycles. The molecule has 3 rings (SSSR count). The fourth-order valence-electron chi connectivity index (χ4n) is 3.06. The molecule has 1 amide bonds. The summed E-state index contributed by atoms with van der Waals surface area (Å²) in [5, 5.41) is 6.45. The van der Waals surface area contributed by atoms with Crippen molar-refractivity contribution in [2.24, 2.45) is 5.41 Å². The monoisotopic (exact) mass is 245 g/mol. The molecule has 0 unspecified atom stereocenters. The third-order valence-electron chi connectivity index (χ3n) is 4.28. The maximum absolute atomic E-state index is 12.5. The van der Waals surface area contributed by atoms with Crippen LogP contribution in [0, 0.1) is 12.3 Å². The van der Waals surface area contributed by atoms with Gasteiger partial charge in [-0.2, -0.15) is 0 Å². The summed E-state index contributed by atoms with van der Waals surface area (Å²) in [6.07, 6.45) is 7.30. The molecule has 0 atom stereocenters. The number of amides is 1. The topological polar surface area (TPSA) is 54.0 Å². The number of fused-ring (bicyclic) bond motifs is 1. The summed E-state index contributed by atoms with van der Waals surface area (Å²) in [7, 11) is 0. The van der Waals surface area contributed by atoms with E-state index in [1.54, 1.807) is 6.20 Å². The van der Waals surface area contributed by atoms with Crippen molar-refractivity contribution in [1.29, 1.82) is 0 Å². The lowest BCUT2D eigenvalue weighted by Gasteiger charge is -2.34. The predicted octanol–water partition coefficient (Wildman–Crippen LogP) is 2.70. The van der Waals surface area contributed by atoms with Crippen LogP contribution in [0.15, 0.2) is 12.3 Å². The first-order chi connectivity index (χ1) is 8.71. The van der Waals surface area contributed by atoms with E-state index < -0.39 is 0 Å². The summed E-state index contributed by atoms with van der Waals surface area (Å²) < 4.78 is 0. The lowest BCUT2D eigenvalue weighted by atomic mass is 9.73. The number of pyridine rings is 1. The van der Waals surface area contributed by atoms with Crippen molar-refractivity contribution in [3.05, 3.63) is 17.8 Å². The maximum atomic E-state index is 12.5. The number of aryl methyl sites for hydroxylation is 1. The second kappa shape index (κ2) is 4.26. The zero-order valence-corrected chi connectivity index (χ0v) is 10.8. The smallest absolute Gasteiger partial charge is 0.232 e. The summed E-state index contributed by atoms with van der Waals surface area (Å²) >= 11 is 0. The van der Waals surface area contributed by atoms with Crippen LogP contribution in [0.5, 0.6) is 0 Å². The zero-order chi connectivity index (χ0) is 12.6. The van der Waals surface area contributed by atoms with Gasteiger partial charge < -0.3 is 10.6 Å². The van der Waals surface area contributed by atoms with E-state index in [1.165, 1.54) is 6.42 Å². The van der Waals surface area contributed by atoms with Gasteiger partial charge in [-0.25, -0.2) is 4.98 Å². The van der Waals surface area contributed by atoms with Crippen molar-refractivity contribution >= 4 is 17.4 Å². The van der Waals surface area contributed by atoms with E-state index in [2.05, 4.69) is 15.6 Å². The van der Waals surface area contributed by atoms with Crippen molar-refractivity contribution in [2.45, 2.75) is 39.0 Å². The molecular weight excluding hydrogens is 226 g/mol. The van der Waals surface area contributed by atoms with Gasteiger partial charge in [-0.3, -0.25) is 4.79 Å². The van der Waals surface area contributed by atoms with E-state index in [0.717, 1.165) is 42.8 Å². The molecule has 0 bridgehead atoms. The summed E-state index contributed by atoms with van der Waals surface area (Å²) in [5.41, 5.74) is 1.68. The summed E-state index contributed by atoms with van der Waals surface area (Å²) in [5.74, 6) is 0.982. The second-order valence-electron chi connectivity index (χ2n) is 5.50. The van der Waals surface area contributed by atoms with Gasteiger partial charge in [-0.15, -0.1) is 0 Å². The molecule has 4 heteroatoms.